The Kier molecular flexibility index (Phi) is 6.97. The van der Waals surface area contributed by atoms with Crippen LogP contribution in [0.4, 0.5) is 4.79 Å². The van der Waals surface area contributed by atoms with Crippen LogP contribution in [-0.4, -0.2) is 55.7 Å². The number of nitrogens with one attached hydrogen (secondary N) is 1. The van der Waals surface area contributed by atoms with Gasteiger partial charge in [-0.15, -0.1) is 0 Å². The summed E-state index contributed by atoms with van der Waals surface area (Å²) in [6.45, 7) is 4.67. The summed E-state index contributed by atoms with van der Waals surface area (Å²) >= 11 is 0. The summed E-state index contributed by atoms with van der Waals surface area (Å²) < 4.78 is 27.6. The molecule has 2 aromatic carbocycles. The van der Waals surface area contributed by atoms with Gasteiger partial charge in [0.25, 0.3) is 0 Å². The van der Waals surface area contributed by atoms with Crippen molar-refractivity contribution in [1.29, 1.82) is 0 Å². The van der Waals surface area contributed by atoms with E-state index in [0.717, 1.165) is 11.1 Å². The van der Waals surface area contributed by atoms with Crippen molar-refractivity contribution in [3.63, 3.8) is 0 Å². The fourth-order valence-electron chi connectivity index (χ4n) is 3.72. The zero-order valence-corrected chi connectivity index (χ0v) is 18.6. The van der Waals surface area contributed by atoms with Crippen molar-refractivity contribution in [3.8, 4) is 0 Å². The van der Waals surface area contributed by atoms with Crippen LogP contribution in [0.5, 0.6) is 0 Å². The summed E-state index contributed by atoms with van der Waals surface area (Å²) in [7, 11) is -3.62. The molecule has 1 saturated heterocycles. The Morgan fingerprint density at radius 3 is 2.29 bits per heavy atom. The number of carbonyl (C=O) groups excluding carboxylic acids is 2. The van der Waals surface area contributed by atoms with Crippen molar-refractivity contribution >= 4 is 22.0 Å². The number of nitrogens with two attached hydrogens (primary N) is 1. The van der Waals surface area contributed by atoms with Crippen LogP contribution in [0.3, 0.4) is 0 Å². The zero-order chi connectivity index (χ0) is 22.6. The Bertz CT molecular complexity index is 1050. The largest absolute Gasteiger partial charge is 0.352 e. The number of aryl methyl sites for hydroxylation is 2. The smallest absolute Gasteiger partial charge is 0.312 e. The standard InChI is InChI=1S/C22H28N4O4S/c1-16-8-9-17(2)20(14-16)31(29,30)26-12-10-25(11-13-26)21(27)15-19(24-22(23)28)18-6-4-3-5-7-18/h3-9,14,19H,10-13,15H2,1-2H3,(H3,23,24,28). The molecule has 1 fully saturated rings. The van der Waals surface area contributed by atoms with Gasteiger partial charge in [-0.25, -0.2) is 13.2 Å². The Labute approximate surface area is 183 Å². The minimum Gasteiger partial charge on any atom is -0.352 e. The highest BCUT2D eigenvalue weighted by Gasteiger charge is 2.32. The summed E-state index contributed by atoms with van der Waals surface area (Å²) in [4.78, 5) is 26.2. The minimum absolute atomic E-state index is 0.0523. The van der Waals surface area contributed by atoms with Gasteiger partial charge in [0.1, 0.15) is 0 Å². The van der Waals surface area contributed by atoms with E-state index in [1.807, 2.05) is 43.3 Å². The van der Waals surface area contributed by atoms with Crippen LogP contribution < -0.4 is 11.1 Å². The Morgan fingerprint density at radius 2 is 1.68 bits per heavy atom. The monoisotopic (exact) mass is 444 g/mol. The van der Waals surface area contributed by atoms with Crippen molar-refractivity contribution < 1.29 is 18.0 Å². The van der Waals surface area contributed by atoms with Crippen molar-refractivity contribution in [2.75, 3.05) is 26.2 Å². The molecule has 1 heterocycles. The first-order valence-corrected chi connectivity index (χ1v) is 11.6. The molecule has 166 valence electrons. The predicted octanol–water partition coefficient (Wildman–Crippen LogP) is 1.94. The molecule has 0 aromatic heterocycles. The van der Waals surface area contributed by atoms with Crippen molar-refractivity contribution in [3.05, 3.63) is 65.2 Å². The predicted molar refractivity (Wildman–Crippen MR) is 118 cm³/mol. The molecule has 2 aromatic rings. The van der Waals surface area contributed by atoms with Crippen LogP contribution in [0.15, 0.2) is 53.4 Å². The van der Waals surface area contributed by atoms with Gasteiger partial charge < -0.3 is 16.0 Å². The molecule has 3 amide bonds. The SMILES string of the molecule is Cc1ccc(C)c(S(=O)(=O)N2CCN(C(=O)CC(NC(N)=O)c3ccccc3)CC2)c1. The molecule has 1 aliphatic heterocycles. The van der Waals surface area contributed by atoms with Gasteiger partial charge in [0.05, 0.1) is 17.4 Å². The second-order valence-electron chi connectivity index (χ2n) is 7.73. The van der Waals surface area contributed by atoms with Gasteiger partial charge in [-0.2, -0.15) is 4.31 Å². The average Bonchev–Trinajstić information content (AvgIpc) is 2.75. The van der Waals surface area contributed by atoms with Gasteiger partial charge in [-0.3, -0.25) is 4.79 Å². The molecule has 1 aliphatic rings. The molecule has 0 aliphatic carbocycles. The summed E-state index contributed by atoms with van der Waals surface area (Å²) in [6, 6.07) is 13.3. The van der Waals surface area contributed by atoms with E-state index in [4.69, 9.17) is 5.73 Å². The highest BCUT2D eigenvalue weighted by Crippen LogP contribution is 2.23. The number of sulfonamides is 1. The second-order valence-corrected chi connectivity index (χ2v) is 9.64. The van der Waals surface area contributed by atoms with Crippen molar-refractivity contribution in [1.82, 2.24) is 14.5 Å². The number of piperazine rings is 1. The van der Waals surface area contributed by atoms with Crippen molar-refractivity contribution in [2.24, 2.45) is 5.73 Å². The topological polar surface area (TPSA) is 113 Å². The third-order valence-electron chi connectivity index (χ3n) is 5.45. The molecule has 3 N–H and O–H groups in total. The van der Waals surface area contributed by atoms with E-state index in [9.17, 15) is 18.0 Å². The molecule has 31 heavy (non-hydrogen) atoms. The third kappa shape index (κ3) is 5.42. The van der Waals surface area contributed by atoms with Gasteiger partial charge in [-0.05, 0) is 36.6 Å². The number of benzene rings is 2. The lowest BCUT2D eigenvalue weighted by Gasteiger charge is -2.35. The highest BCUT2D eigenvalue weighted by atomic mass is 32.2. The van der Waals surface area contributed by atoms with Crippen LogP contribution in [-0.2, 0) is 14.8 Å². The number of hydrogen-bond donors (Lipinski definition) is 2. The van der Waals surface area contributed by atoms with E-state index in [1.165, 1.54) is 4.31 Å². The van der Waals surface area contributed by atoms with E-state index in [2.05, 4.69) is 5.32 Å². The van der Waals surface area contributed by atoms with E-state index in [0.29, 0.717) is 23.5 Å². The molecule has 9 heteroatoms. The second kappa shape index (κ2) is 9.49. The van der Waals surface area contributed by atoms with Crippen molar-refractivity contribution in [2.45, 2.75) is 31.2 Å². The van der Waals surface area contributed by atoms with Crippen LogP contribution in [0.1, 0.15) is 29.2 Å². The number of nitrogens with zero attached hydrogens (tertiary/aromatic N) is 2. The fourth-order valence-corrected chi connectivity index (χ4v) is 5.45. The van der Waals surface area contributed by atoms with Gasteiger partial charge in [0.2, 0.25) is 15.9 Å². The molecular formula is C22H28N4O4S. The number of rotatable bonds is 6. The Hall–Kier alpha value is -2.91. The molecule has 1 atom stereocenters. The third-order valence-corrected chi connectivity index (χ3v) is 7.49. The van der Waals surface area contributed by atoms with Crippen LogP contribution >= 0.6 is 0 Å². The van der Waals surface area contributed by atoms with Crippen LogP contribution in [0, 0.1) is 13.8 Å². The number of amides is 3. The number of hydrogen-bond acceptors (Lipinski definition) is 4. The summed E-state index contributed by atoms with van der Waals surface area (Å²) in [5.74, 6) is -0.161. The summed E-state index contributed by atoms with van der Waals surface area (Å²) in [5, 5.41) is 2.62. The van der Waals surface area contributed by atoms with E-state index < -0.39 is 22.1 Å². The van der Waals surface area contributed by atoms with E-state index >= 15 is 0 Å². The number of urea groups is 1. The molecule has 0 saturated carbocycles. The lowest BCUT2D eigenvalue weighted by atomic mass is 10.0. The zero-order valence-electron chi connectivity index (χ0n) is 17.7. The normalized spacial score (nSPS) is 16.0. The van der Waals surface area contributed by atoms with Crippen LogP contribution in [0.2, 0.25) is 0 Å². The van der Waals surface area contributed by atoms with Gasteiger partial charge in [0.15, 0.2) is 0 Å². The first-order chi connectivity index (χ1) is 14.7. The summed E-state index contributed by atoms with van der Waals surface area (Å²) in [5.41, 5.74) is 7.65. The van der Waals surface area contributed by atoms with Gasteiger partial charge in [0, 0.05) is 26.2 Å². The maximum Gasteiger partial charge on any atom is 0.312 e. The maximum atomic E-state index is 13.1. The lowest BCUT2D eigenvalue weighted by Crippen LogP contribution is -2.51. The molecule has 0 spiro atoms. The lowest BCUT2D eigenvalue weighted by molar-refractivity contribution is -0.132. The van der Waals surface area contributed by atoms with Gasteiger partial charge >= 0.3 is 6.03 Å². The summed E-state index contributed by atoms with van der Waals surface area (Å²) in [6.07, 6.45) is 0.0523. The Balaban J connectivity index is 1.66. The quantitative estimate of drug-likeness (QED) is 0.709. The molecule has 8 nitrogen and oxygen atoms in total. The first-order valence-electron chi connectivity index (χ1n) is 10.1. The minimum atomic E-state index is -3.62. The number of primary amides is 1. The first kappa shape index (κ1) is 22.8. The van der Waals surface area contributed by atoms with E-state index in [1.54, 1.807) is 24.0 Å². The molecule has 3 rings (SSSR count). The number of carbonyl (C=O) groups is 2. The molecule has 0 radical (unpaired) electrons. The maximum absolute atomic E-state index is 13.1. The highest BCUT2D eigenvalue weighted by molar-refractivity contribution is 7.89. The molecular weight excluding hydrogens is 416 g/mol. The molecule has 1 unspecified atom stereocenters. The molecule has 0 bridgehead atoms. The Morgan fingerprint density at radius 1 is 1.03 bits per heavy atom. The average molecular weight is 445 g/mol. The fraction of sp³-hybridized carbons (Fsp3) is 0.364. The van der Waals surface area contributed by atoms with Gasteiger partial charge in [-0.1, -0.05) is 42.5 Å². The van der Waals surface area contributed by atoms with Crippen LogP contribution in [0.25, 0.3) is 0 Å². The van der Waals surface area contributed by atoms with E-state index in [-0.39, 0.29) is 25.4 Å².